The SMILES string of the molecule is Cc1cc(CCS(=O)(=O)Cl)cc(C)c1F. The van der Waals surface area contributed by atoms with Crippen LogP contribution in [0, 0.1) is 19.7 Å². The maximum absolute atomic E-state index is 13.2. The molecule has 0 radical (unpaired) electrons. The van der Waals surface area contributed by atoms with Crippen LogP contribution < -0.4 is 0 Å². The molecule has 0 bridgehead atoms. The van der Waals surface area contributed by atoms with Crippen molar-refractivity contribution < 1.29 is 12.8 Å². The van der Waals surface area contributed by atoms with E-state index in [1.165, 1.54) is 0 Å². The van der Waals surface area contributed by atoms with E-state index in [1.54, 1.807) is 26.0 Å². The van der Waals surface area contributed by atoms with Gasteiger partial charge in [-0.15, -0.1) is 0 Å². The maximum Gasteiger partial charge on any atom is 0.232 e. The molecule has 0 fully saturated rings. The lowest BCUT2D eigenvalue weighted by molar-refractivity contribution is 0.606. The molecular formula is C10H12ClFO2S. The van der Waals surface area contributed by atoms with E-state index >= 15 is 0 Å². The fraction of sp³-hybridized carbons (Fsp3) is 0.400. The van der Waals surface area contributed by atoms with Gasteiger partial charge in [0.1, 0.15) is 5.82 Å². The van der Waals surface area contributed by atoms with Gasteiger partial charge in [-0.2, -0.15) is 0 Å². The zero-order valence-electron chi connectivity index (χ0n) is 8.55. The van der Waals surface area contributed by atoms with E-state index in [0.29, 0.717) is 17.5 Å². The van der Waals surface area contributed by atoms with E-state index in [0.717, 1.165) is 5.56 Å². The Balaban J connectivity index is 2.89. The van der Waals surface area contributed by atoms with Crippen LogP contribution in [0.15, 0.2) is 12.1 Å². The van der Waals surface area contributed by atoms with Crippen molar-refractivity contribution in [1.29, 1.82) is 0 Å². The van der Waals surface area contributed by atoms with Gasteiger partial charge in [-0.3, -0.25) is 0 Å². The van der Waals surface area contributed by atoms with Crippen LogP contribution in [-0.4, -0.2) is 14.2 Å². The molecule has 0 N–H and O–H groups in total. The number of hydrogen-bond acceptors (Lipinski definition) is 2. The fourth-order valence-electron chi connectivity index (χ4n) is 1.42. The molecule has 1 rings (SSSR count). The Morgan fingerprint density at radius 3 is 2.13 bits per heavy atom. The Morgan fingerprint density at radius 2 is 1.73 bits per heavy atom. The van der Waals surface area contributed by atoms with E-state index in [1.807, 2.05) is 0 Å². The zero-order valence-corrected chi connectivity index (χ0v) is 10.1. The highest BCUT2D eigenvalue weighted by molar-refractivity contribution is 8.13. The highest BCUT2D eigenvalue weighted by Crippen LogP contribution is 2.15. The third-order valence-electron chi connectivity index (χ3n) is 2.13. The van der Waals surface area contributed by atoms with Crippen LogP contribution >= 0.6 is 10.7 Å². The van der Waals surface area contributed by atoms with Crippen molar-refractivity contribution in [2.75, 3.05) is 5.75 Å². The maximum atomic E-state index is 13.2. The Kier molecular flexibility index (Phi) is 3.73. The molecule has 0 aliphatic heterocycles. The summed E-state index contributed by atoms with van der Waals surface area (Å²) in [6.07, 6.45) is 0.313. The fourth-order valence-corrected chi connectivity index (χ4v) is 2.13. The highest BCUT2D eigenvalue weighted by atomic mass is 35.7. The predicted octanol–water partition coefficient (Wildman–Crippen LogP) is 2.55. The summed E-state index contributed by atoms with van der Waals surface area (Å²) in [7, 11) is 1.61. The van der Waals surface area contributed by atoms with Crippen LogP contribution in [0.5, 0.6) is 0 Å². The molecule has 0 aliphatic rings. The molecule has 1 aromatic carbocycles. The van der Waals surface area contributed by atoms with Crippen LogP contribution in [0.2, 0.25) is 0 Å². The van der Waals surface area contributed by atoms with Crippen molar-refractivity contribution in [3.05, 3.63) is 34.6 Å². The van der Waals surface area contributed by atoms with Gasteiger partial charge >= 0.3 is 0 Å². The van der Waals surface area contributed by atoms with E-state index < -0.39 is 9.05 Å². The summed E-state index contributed by atoms with van der Waals surface area (Å²) < 4.78 is 34.7. The third kappa shape index (κ3) is 3.80. The lowest BCUT2D eigenvalue weighted by Crippen LogP contribution is -2.02. The molecule has 0 unspecified atom stereocenters. The van der Waals surface area contributed by atoms with Crippen molar-refractivity contribution >= 4 is 19.7 Å². The number of hydrogen-bond donors (Lipinski definition) is 0. The quantitative estimate of drug-likeness (QED) is 0.773. The Morgan fingerprint density at radius 1 is 1.27 bits per heavy atom. The van der Waals surface area contributed by atoms with E-state index in [4.69, 9.17) is 10.7 Å². The Bertz CT molecular complexity index is 445. The van der Waals surface area contributed by atoms with E-state index in [-0.39, 0.29) is 11.6 Å². The molecule has 0 aromatic heterocycles. The molecular weight excluding hydrogens is 239 g/mol. The lowest BCUT2D eigenvalue weighted by Gasteiger charge is -2.05. The van der Waals surface area contributed by atoms with Gasteiger partial charge in [-0.05, 0) is 37.0 Å². The first-order chi connectivity index (χ1) is 6.79. The summed E-state index contributed by atoms with van der Waals surface area (Å²) >= 11 is 0. The average Bonchev–Trinajstić information content (AvgIpc) is 2.09. The average molecular weight is 251 g/mol. The first-order valence-electron chi connectivity index (χ1n) is 4.47. The summed E-state index contributed by atoms with van der Waals surface area (Å²) in [6.45, 7) is 3.31. The van der Waals surface area contributed by atoms with Crippen LogP contribution in [0.25, 0.3) is 0 Å². The van der Waals surface area contributed by atoms with Crippen molar-refractivity contribution in [3.8, 4) is 0 Å². The molecule has 0 saturated carbocycles. The number of aryl methyl sites for hydroxylation is 3. The molecule has 84 valence electrons. The second-order valence-corrected chi connectivity index (χ2v) is 6.43. The van der Waals surface area contributed by atoms with E-state index in [9.17, 15) is 12.8 Å². The molecule has 0 amide bonds. The van der Waals surface area contributed by atoms with Gasteiger partial charge < -0.3 is 0 Å². The molecule has 5 heteroatoms. The van der Waals surface area contributed by atoms with Gasteiger partial charge in [0.05, 0.1) is 5.75 Å². The summed E-state index contributed by atoms with van der Waals surface area (Å²) in [4.78, 5) is 0. The zero-order chi connectivity index (χ0) is 11.6. The summed E-state index contributed by atoms with van der Waals surface area (Å²) in [5, 5.41) is 0. The molecule has 0 saturated heterocycles. The standard InChI is InChI=1S/C10H12ClFO2S/c1-7-5-9(3-4-15(11,13)14)6-8(2)10(7)12/h5-6H,3-4H2,1-2H3. The van der Waals surface area contributed by atoms with Crippen LogP contribution in [0.1, 0.15) is 16.7 Å². The number of halogens is 2. The normalized spacial score (nSPS) is 11.7. The van der Waals surface area contributed by atoms with Gasteiger partial charge in [-0.25, -0.2) is 12.8 Å². The molecule has 2 nitrogen and oxygen atoms in total. The van der Waals surface area contributed by atoms with Crippen molar-refractivity contribution in [3.63, 3.8) is 0 Å². The minimum absolute atomic E-state index is 0.126. The number of rotatable bonds is 3. The molecule has 1 aromatic rings. The minimum Gasteiger partial charge on any atom is -0.212 e. The second-order valence-electron chi connectivity index (χ2n) is 3.54. The summed E-state index contributed by atoms with van der Waals surface area (Å²) in [5.74, 6) is -0.369. The van der Waals surface area contributed by atoms with Crippen LogP contribution in [0.4, 0.5) is 4.39 Å². The monoisotopic (exact) mass is 250 g/mol. The number of benzene rings is 1. The van der Waals surface area contributed by atoms with Gasteiger partial charge in [0, 0.05) is 10.7 Å². The lowest BCUT2D eigenvalue weighted by atomic mass is 10.1. The van der Waals surface area contributed by atoms with Crippen molar-refractivity contribution in [1.82, 2.24) is 0 Å². The van der Waals surface area contributed by atoms with Gasteiger partial charge in [0.15, 0.2) is 0 Å². The van der Waals surface area contributed by atoms with Gasteiger partial charge in [0.2, 0.25) is 9.05 Å². The Labute approximate surface area is 93.5 Å². The van der Waals surface area contributed by atoms with Gasteiger partial charge in [-0.1, -0.05) is 12.1 Å². The molecule has 0 atom stereocenters. The predicted molar refractivity (Wildman–Crippen MR) is 59.2 cm³/mol. The van der Waals surface area contributed by atoms with Crippen molar-refractivity contribution in [2.45, 2.75) is 20.3 Å². The molecule has 0 aliphatic carbocycles. The summed E-state index contributed by atoms with van der Waals surface area (Å²) in [6, 6.07) is 3.29. The topological polar surface area (TPSA) is 34.1 Å². The molecule has 0 heterocycles. The first kappa shape index (κ1) is 12.5. The van der Waals surface area contributed by atoms with Crippen molar-refractivity contribution in [2.24, 2.45) is 0 Å². The highest BCUT2D eigenvalue weighted by Gasteiger charge is 2.08. The molecule has 0 spiro atoms. The third-order valence-corrected chi connectivity index (χ3v) is 3.29. The second kappa shape index (κ2) is 4.49. The largest absolute Gasteiger partial charge is 0.232 e. The molecule has 15 heavy (non-hydrogen) atoms. The summed E-state index contributed by atoms with van der Waals surface area (Å²) in [5.41, 5.74) is 1.84. The smallest absolute Gasteiger partial charge is 0.212 e. The Hall–Kier alpha value is -0.610. The van der Waals surface area contributed by atoms with Crippen LogP contribution in [-0.2, 0) is 15.5 Å². The van der Waals surface area contributed by atoms with Crippen LogP contribution in [0.3, 0.4) is 0 Å². The first-order valence-corrected chi connectivity index (χ1v) is 6.95. The van der Waals surface area contributed by atoms with E-state index in [2.05, 4.69) is 0 Å². The van der Waals surface area contributed by atoms with Gasteiger partial charge in [0.25, 0.3) is 0 Å². The minimum atomic E-state index is -3.48.